The molecule has 0 radical (unpaired) electrons. The third-order valence-corrected chi connectivity index (χ3v) is 10.7. The lowest BCUT2D eigenvalue weighted by Gasteiger charge is -2.44. The fraction of sp³-hybridized carbons (Fsp3) is 0.929. The number of epoxide rings is 3. The molecule has 0 spiro atoms. The van der Waals surface area contributed by atoms with E-state index in [1.165, 1.54) is 70.6 Å². The van der Waals surface area contributed by atoms with Gasteiger partial charge in [0.2, 0.25) is 0 Å². The highest BCUT2D eigenvalue weighted by atomic mass is 16.6. The highest BCUT2D eigenvalue weighted by Crippen LogP contribution is 2.54. The summed E-state index contributed by atoms with van der Waals surface area (Å²) in [5, 5.41) is 11.4. The summed E-state index contributed by atoms with van der Waals surface area (Å²) < 4.78 is 17.8. The monoisotopic (exact) mass is 442 g/mol. The molecule has 7 rings (SSSR count). The molecule has 7 fully saturated rings. The largest absolute Gasteiger partial charge is 0.392 e. The number of hydrogen-bond acceptors (Lipinski definition) is 4. The van der Waals surface area contributed by atoms with Gasteiger partial charge in [0.1, 0.15) is 0 Å². The van der Waals surface area contributed by atoms with E-state index in [1.807, 2.05) is 0 Å². The van der Waals surface area contributed by atoms with Crippen LogP contribution in [0.15, 0.2) is 12.7 Å². The number of hydrogen-bond donors (Lipinski definition) is 1. The quantitative estimate of drug-likeness (QED) is 0.470. The van der Waals surface area contributed by atoms with E-state index in [9.17, 15) is 5.11 Å². The van der Waals surface area contributed by atoms with Gasteiger partial charge in [0.05, 0.1) is 42.7 Å². The van der Waals surface area contributed by atoms with Gasteiger partial charge < -0.3 is 19.3 Å². The van der Waals surface area contributed by atoms with Crippen molar-refractivity contribution in [1.82, 2.24) is 0 Å². The first-order valence-corrected chi connectivity index (χ1v) is 13.9. The van der Waals surface area contributed by atoms with Gasteiger partial charge in [-0.3, -0.25) is 0 Å². The van der Waals surface area contributed by atoms with E-state index in [2.05, 4.69) is 12.7 Å². The third kappa shape index (κ3) is 4.01. The zero-order valence-electron chi connectivity index (χ0n) is 19.5. The summed E-state index contributed by atoms with van der Waals surface area (Å²) in [5.74, 6) is 4.39. The lowest BCUT2D eigenvalue weighted by molar-refractivity contribution is -0.0308. The second-order valence-electron chi connectivity index (χ2n) is 12.8. The topological polar surface area (TPSA) is 57.8 Å². The van der Waals surface area contributed by atoms with Crippen LogP contribution in [0.3, 0.4) is 0 Å². The Hall–Kier alpha value is -0.420. The molecule has 3 saturated heterocycles. The van der Waals surface area contributed by atoms with Gasteiger partial charge in [-0.15, -0.1) is 6.58 Å². The number of rotatable bonds is 6. The molecule has 32 heavy (non-hydrogen) atoms. The fourth-order valence-corrected chi connectivity index (χ4v) is 8.94. The van der Waals surface area contributed by atoms with Gasteiger partial charge in [-0.1, -0.05) is 6.08 Å². The molecule has 14 atom stereocenters. The highest BCUT2D eigenvalue weighted by Gasteiger charge is 2.56. The van der Waals surface area contributed by atoms with Gasteiger partial charge in [0.25, 0.3) is 0 Å². The summed E-state index contributed by atoms with van der Waals surface area (Å²) in [5.41, 5.74) is 0. The Morgan fingerprint density at radius 1 is 0.625 bits per heavy atom. The van der Waals surface area contributed by atoms with E-state index < -0.39 is 0 Å². The van der Waals surface area contributed by atoms with Crippen molar-refractivity contribution in [2.45, 2.75) is 120 Å². The number of fused-ring (bicyclic) bond motifs is 3. The zero-order chi connectivity index (χ0) is 21.4. The van der Waals surface area contributed by atoms with Gasteiger partial charge in [-0.2, -0.15) is 0 Å². The van der Waals surface area contributed by atoms with E-state index in [1.54, 1.807) is 0 Å². The third-order valence-electron chi connectivity index (χ3n) is 10.7. The van der Waals surface area contributed by atoms with Crippen LogP contribution in [-0.2, 0) is 14.2 Å². The second kappa shape index (κ2) is 8.07. The summed E-state index contributed by atoms with van der Waals surface area (Å²) in [7, 11) is 0. The van der Waals surface area contributed by atoms with Crippen LogP contribution in [0, 0.1) is 41.4 Å². The Kier molecular flexibility index (Phi) is 5.27. The Morgan fingerprint density at radius 3 is 1.84 bits per heavy atom. The van der Waals surface area contributed by atoms with Crippen LogP contribution in [0.4, 0.5) is 0 Å². The van der Waals surface area contributed by atoms with E-state index in [0.29, 0.717) is 48.5 Å². The molecule has 3 heterocycles. The van der Waals surface area contributed by atoms with Crippen LogP contribution in [-0.4, -0.2) is 47.8 Å². The molecule has 4 saturated carbocycles. The van der Waals surface area contributed by atoms with Gasteiger partial charge >= 0.3 is 0 Å². The molecular weight excluding hydrogens is 400 g/mol. The SMILES string of the molecule is C=CC1CC(CC2CCC3OC3C2)CC(C2CC(CC3CCC4OC4C3)CC3OC32)C1O. The van der Waals surface area contributed by atoms with Crippen molar-refractivity contribution in [2.24, 2.45) is 41.4 Å². The van der Waals surface area contributed by atoms with E-state index in [-0.39, 0.29) is 12.0 Å². The van der Waals surface area contributed by atoms with Crippen LogP contribution in [0.2, 0.25) is 0 Å². The van der Waals surface area contributed by atoms with Crippen molar-refractivity contribution >= 4 is 0 Å². The van der Waals surface area contributed by atoms with Crippen molar-refractivity contribution in [3.05, 3.63) is 12.7 Å². The molecule has 0 aromatic carbocycles. The van der Waals surface area contributed by atoms with Gasteiger partial charge in [0, 0.05) is 5.92 Å². The minimum atomic E-state index is -0.227. The minimum Gasteiger partial charge on any atom is -0.392 e. The van der Waals surface area contributed by atoms with E-state index in [4.69, 9.17) is 14.2 Å². The Labute approximate surface area is 193 Å². The standard InChI is InChI=1S/C28H42O4/c1-2-19-9-17(7-15-3-5-22-24(12-15)30-22)10-20(27(19)29)21-11-18(14-26-28(21)32-26)8-16-4-6-23-25(13-16)31-23/h2,15-29H,1,3-14H2. The molecule has 4 aliphatic carbocycles. The predicted octanol–water partition coefficient (Wildman–Crippen LogP) is 4.88. The zero-order valence-corrected chi connectivity index (χ0v) is 19.5. The molecule has 4 heteroatoms. The van der Waals surface area contributed by atoms with E-state index >= 15 is 0 Å². The van der Waals surface area contributed by atoms with Crippen LogP contribution >= 0.6 is 0 Å². The van der Waals surface area contributed by atoms with Gasteiger partial charge in [-0.05, 0) is 113 Å². The molecular formula is C28H42O4. The molecule has 7 aliphatic rings. The molecule has 0 aromatic heterocycles. The molecule has 14 unspecified atom stereocenters. The number of aliphatic hydroxyl groups excluding tert-OH is 1. The van der Waals surface area contributed by atoms with Crippen LogP contribution in [0.5, 0.6) is 0 Å². The number of aliphatic hydroxyl groups is 1. The smallest absolute Gasteiger partial charge is 0.0873 e. The van der Waals surface area contributed by atoms with Crippen molar-refractivity contribution in [2.75, 3.05) is 0 Å². The molecule has 0 bridgehead atoms. The average molecular weight is 443 g/mol. The summed E-state index contributed by atoms with van der Waals surface area (Å²) in [6, 6.07) is 0. The van der Waals surface area contributed by atoms with Crippen molar-refractivity contribution in [1.29, 1.82) is 0 Å². The molecule has 0 amide bonds. The maximum atomic E-state index is 11.4. The molecule has 0 aromatic rings. The van der Waals surface area contributed by atoms with Crippen molar-refractivity contribution in [3.8, 4) is 0 Å². The minimum absolute atomic E-state index is 0.227. The predicted molar refractivity (Wildman–Crippen MR) is 122 cm³/mol. The lowest BCUT2D eigenvalue weighted by atomic mass is 9.62. The first-order chi connectivity index (χ1) is 15.6. The van der Waals surface area contributed by atoms with Crippen LogP contribution in [0.1, 0.15) is 77.0 Å². The molecule has 178 valence electrons. The molecule has 3 aliphatic heterocycles. The van der Waals surface area contributed by atoms with Crippen molar-refractivity contribution in [3.63, 3.8) is 0 Å². The second-order valence-corrected chi connectivity index (χ2v) is 12.8. The molecule has 4 nitrogen and oxygen atoms in total. The summed E-state index contributed by atoms with van der Waals surface area (Å²) in [6.07, 6.45) is 20.5. The van der Waals surface area contributed by atoms with Gasteiger partial charge in [0.15, 0.2) is 0 Å². The Bertz CT molecular complexity index is 724. The lowest BCUT2D eigenvalue weighted by Crippen LogP contribution is -2.44. The Balaban J connectivity index is 1.01. The van der Waals surface area contributed by atoms with Crippen molar-refractivity contribution < 1.29 is 19.3 Å². The Morgan fingerprint density at radius 2 is 1.22 bits per heavy atom. The van der Waals surface area contributed by atoms with Crippen LogP contribution in [0.25, 0.3) is 0 Å². The highest BCUT2D eigenvalue weighted by molar-refractivity contribution is 5.06. The average Bonchev–Trinajstić information content (AvgIpc) is 3.65. The summed E-state index contributed by atoms with van der Waals surface area (Å²) >= 11 is 0. The van der Waals surface area contributed by atoms with E-state index in [0.717, 1.165) is 30.1 Å². The first-order valence-electron chi connectivity index (χ1n) is 13.9. The van der Waals surface area contributed by atoms with Gasteiger partial charge in [-0.25, -0.2) is 0 Å². The maximum Gasteiger partial charge on any atom is 0.0873 e. The summed E-state index contributed by atoms with van der Waals surface area (Å²) in [6.45, 7) is 4.12. The molecule has 1 N–H and O–H groups in total. The maximum absolute atomic E-state index is 11.4. The normalized spacial score (nSPS) is 58.2. The first kappa shape index (κ1) is 20.9. The fourth-order valence-electron chi connectivity index (χ4n) is 8.94. The number of ether oxygens (including phenoxy) is 3. The van der Waals surface area contributed by atoms with Crippen LogP contribution < -0.4 is 0 Å². The summed E-state index contributed by atoms with van der Waals surface area (Å²) in [4.78, 5) is 0.